The topological polar surface area (TPSA) is 210 Å². The summed E-state index contributed by atoms with van der Waals surface area (Å²) in [6, 6.07) is -0.216. The van der Waals surface area contributed by atoms with Crippen molar-refractivity contribution in [1.29, 1.82) is 0 Å². The first-order chi connectivity index (χ1) is 24.1. The van der Waals surface area contributed by atoms with Crippen LogP contribution in [-0.2, 0) is 38.1 Å². The summed E-state index contributed by atoms with van der Waals surface area (Å²) >= 11 is 0. The van der Waals surface area contributed by atoms with Crippen LogP contribution in [0.25, 0.3) is 0 Å². The molecule has 0 aromatic carbocycles. The maximum absolute atomic E-state index is 13.6. The first-order valence-corrected chi connectivity index (χ1v) is 19.1. The number of aliphatic hydroxyl groups is 4. The average Bonchev–Trinajstić information content (AvgIpc) is 3.30. The molecule has 0 aromatic rings. The van der Waals surface area contributed by atoms with Crippen LogP contribution >= 0.6 is 0 Å². The maximum Gasteiger partial charge on any atom is 0.309 e. The normalized spacial score (nSPS) is 50.5. The van der Waals surface area contributed by atoms with E-state index >= 15 is 0 Å². The van der Waals surface area contributed by atoms with Crippen LogP contribution < -0.4 is 0 Å². The zero-order valence-electron chi connectivity index (χ0n) is 31.7. The lowest BCUT2D eigenvalue weighted by molar-refractivity contribution is -0.300. The highest BCUT2D eigenvalue weighted by molar-refractivity contribution is 5.72. The van der Waals surface area contributed by atoms with Gasteiger partial charge in [-0.05, 0) is 69.6 Å². The first kappa shape index (κ1) is 39.3. The van der Waals surface area contributed by atoms with E-state index in [-0.39, 0.29) is 18.9 Å². The average molecular weight is 738 g/mol. The number of hydrogen-bond donors (Lipinski definition) is 5. The number of hydrogen-bond acceptors (Lipinski definition) is 13. The van der Waals surface area contributed by atoms with Crippen molar-refractivity contribution in [3.8, 4) is 0 Å². The number of piperidine rings is 2. The number of carbonyl (C=O) groups is 4. The molecule has 3 aliphatic heterocycles. The number of aliphatic hydroxyl groups excluding tert-OH is 1. The molecule has 0 amide bonds. The van der Waals surface area contributed by atoms with Crippen LogP contribution in [0.1, 0.15) is 100 Å². The summed E-state index contributed by atoms with van der Waals surface area (Å²) in [7, 11) is 0. The van der Waals surface area contributed by atoms with Gasteiger partial charge in [0.05, 0.1) is 29.1 Å². The van der Waals surface area contributed by atoms with Crippen LogP contribution in [-0.4, -0.2) is 120 Å². The third-order valence-corrected chi connectivity index (χ3v) is 14.6. The molecule has 0 radical (unpaired) electrons. The highest BCUT2D eigenvalue weighted by Crippen LogP contribution is 2.77. The Hall–Kier alpha value is -2.36. The molecule has 14 heteroatoms. The molecule has 17 atom stereocenters. The zero-order chi connectivity index (χ0) is 38.5. The molecule has 294 valence electrons. The van der Waals surface area contributed by atoms with Crippen LogP contribution in [0.2, 0.25) is 0 Å². The van der Waals surface area contributed by atoms with Gasteiger partial charge in [-0.3, -0.25) is 24.1 Å². The third-order valence-electron chi connectivity index (χ3n) is 14.6. The lowest BCUT2D eigenvalue weighted by atomic mass is 9.49. The van der Waals surface area contributed by atoms with Crippen molar-refractivity contribution in [2.75, 3.05) is 13.1 Å². The second-order valence-electron chi connectivity index (χ2n) is 17.7. The summed E-state index contributed by atoms with van der Waals surface area (Å²) in [5.41, 5.74) is -5.37. The SMILES string of the molecule is CC(=O)O.CC[C@@H](C)C(=O)O[C@H]1[C@H](O)[C@H]2[C@@H](CN3C[C@@H](C)CC[C@H]3[C@@]2(C)O)[C@@H]2C[C@]34O[C@]5(O)[C@@H](OC(C)=O)CC[C@@]3(C)[C@@H]5C[C@@H](OC(C)=O)[C@H]4[C@@]21O. The van der Waals surface area contributed by atoms with Gasteiger partial charge in [-0.1, -0.05) is 27.7 Å². The van der Waals surface area contributed by atoms with Crippen LogP contribution in [0.5, 0.6) is 0 Å². The molecule has 5 N–H and O–H groups in total. The summed E-state index contributed by atoms with van der Waals surface area (Å²) in [6.45, 7) is 14.5. The summed E-state index contributed by atoms with van der Waals surface area (Å²) in [5.74, 6) is -8.00. The number of ether oxygens (including phenoxy) is 4. The van der Waals surface area contributed by atoms with E-state index in [0.29, 0.717) is 31.7 Å². The number of esters is 3. The summed E-state index contributed by atoms with van der Waals surface area (Å²) in [5, 5.41) is 58.3. The van der Waals surface area contributed by atoms with Crippen molar-refractivity contribution < 1.29 is 63.7 Å². The van der Waals surface area contributed by atoms with E-state index in [1.54, 1.807) is 13.8 Å². The monoisotopic (exact) mass is 737 g/mol. The fourth-order valence-electron chi connectivity index (χ4n) is 12.6. The Balaban J connectivity index is 0.00000110. The molecule has 0 unspecified atom stereocenters. The van der Waals surface area contributed by atoms with Gasteiger partial charge in [0.2, 0.25) is 5.79 Å². The molecule has 52 heavy (non-hydrogen) atoms. The van der Waals surface area contributed by atoms with E-state index in [2.05, 4.69) is 11.8 Å². The van der Waals surface area contributed by atoms with Crippen LogP contribution in [0.4, 0.5) is 0 Å². The summed E-state index contributed by atoms with van der Waals surface area (Å²) in [4.78, 5) is 49.8. The Morgan fingerprint density at radius 3 is 2.19 bits per heavy atom. The van der Waals surface area contributed by atoms with Gasteiger partial charge in [0.1, 0.15) is 11.7 Å². The van der Waals surface area contributed by atoms with Crippen LogP contribution in [0, 0.1) is 46.8 Å². The Morgan fingerprint density at radius 2 is 1.60 bits per heavy atom. The quantitative estimate of drug-likeness (QED) is 0.202. The number of carboxylic acid groups (broad SMARTS) is 1. The minimum absolute atomic E-state index is 0.117. The van der Waals surface area contributed by atoms with Crippen LogP contribution in [0.15, 0.2) is 0 Å². The van der Waals surface area contributed by atoms with Gasteiger partial charge in [-0.25, -0.2) is 0 Å². The van der Waals surface area contributed by atoms with Gasteiger partial charge < -0.3 is 44.5 Å². The standard InChI is InChI=1S/C36H55NO11.C2H4O2/c1-8-18(3)31(41)47-30-28(40)27-21(16-37-15-17(2)9-10-25(37)33(27,7)42)22-14-34-29(35(22,30)43)23(45-19(4)38)13-24-32(34,6)12-11-26(46-20(5)39)36(24,44)48-34;1-2(3)4/h17-18,21-30,40,42-44H,8-16H2,1-7H3;1H3,(H,3,4)/t17-,18+,21-,22-,23+,24-,25-,26-,27+,28+,29+,30-,32-,33+,34+,35-,36-;/m0./s1. The van der Waals surface area contributed by atoms with E-state index in [0.717, 1.165) is 26.3 Å². The Kier molecular flexibility index (Phi) is 9.94. The molecule has 7 aliphatic rings. The molecular weight excluding hydrogens is 678 g/mol. The number of fused-ring (bicyclic) bond motifs is 5. The van der Waals surface area contributed by atoms with Crippen molar-refractivity contribution >= 4 is 23.9 Å². The molecule has 14 nitrogen and oxygen atoms in total. The van der Waals surface area contributed by atoms with Gasteiger partial charge in [-0.2, -0.15) is 0 Å². The number of carbonyl (C=O) groups excluding carboxylic acids is 3. The van der Waals surface area contributed by atoms with Crippen molar-refractivity contribution in [1.82, 2.24) is 4.90 Å². The maximum atomic E-state index is 13.6. The summed E-state index contributed by atoms with van der Waals surface area (Å²) < 4.78 is 24.8. The predicted octanol–water partition coefficient (Wildman–Crippen LogP) is 2.02. The highest BCUT2D eigenvalue weighted by Gasteiger charge is 2.87. The number of nitrogens with zero attached hydrogens (tertiary/aromatic N) is 1. The van der Waals surface area contributed by atoms with Gasteiger partial charge in [0.25, 0.3) is 5.97 Å². The van der Waals surface area contributed by atoms with Crippen molar-refractivity contribution in [3.05, 3.63) is 0 Å². The molecular formula is C38H59NO13. The fraction of sp³-hybridized carbons (Fsp3) is 0.895. The minimum Gasteiger partial charge on any atom is -0.481 e. The molecule has 7 fully saturated rings. The van der Waals surface area contributed by atoms with Crippen molar-refractivity contribution in [3.63, 3.8) is 0 Å². The molecule has 4 aliphatic carbocycles. The Bertz CT molecular complexity index is 1450. The zero-order valence-corrected chi connectivity index (χ0v) is 31.7. The lowest BCUT2D eigenvalue weighted by Crippen LogP contribution is -2.77. The Morgan fingerprint density at radius 1 is 0.962 bits per heavy atom. The van der Waals surface area contributed by atoms with E-state index in [4.69, 9.17) is 28.8 Å². The number of rotatable bonds is 5. The van der Waals surface area contributed by atoms with E-state index in [1.807, 2.05) is 13.8 Å². The second-order valence-corrected chi connectivity index (χ2v) is 17.7. The fourth-order valence-corrected chi connectivity index (χ4v) is 12.6. The molecule has 7 rings (SSSR count). The molecule has 0 aromatic heterocycles. The number of carboxylic acids is 1. The third kappa shape index (κ3) is 5.55. The molecule has 4 saturated carbocycles. The molecule has 1 spiro atoms. The smallest absolute Gasteiger partial charge is 0.309 e. The van der Waals surface area contributed by atoms with Gasteiger partial charge in [0.15, 0.2) is 12.2 Å². The van der Waals surface area contributed by atoms with Crippen molar-refractivity contribution in [2.24, 2.45) is 46.8 Å². The molecule has 4 bridgehead atoms. The van der Waals surface area contributed by atoms with Crippen molar-refractivity contribution in [2.45, 2.75) is 153 Å². The first-order valence-electron chi connectivity index (χ1n) is 19.1. The largest absolute Gasteiger partial charge is 0.481 e. The van der Waals surface area contributed by atoms with Gasteiger partial charge in [0, 0.05) is 57.2 Å². The molecule has 3 heterocycles. The Labute approximate surface area is 305 Å². The second kappa shape index (κ2) is 13.1. The predicted molar refractivity (Wildman–Crippen MR) is 182 cm³/mol. The minimum atomic E-state index is -1.95. The van der Waals surface area contributed by atoms with Crippen LogP contribution in [0.3, 0.4) is 0 Å². The van der Waals surface area contributed by atoms with E-state index in [9.17, 15) is 34.8 Å². The van der Waals surface area contributed by atoms with Gasteiger partial charge >= 0.3 is 17.9 Å². The molecule has 3 saturated heterocycles. The lowest BCUT2D eigenvalue weighted by Gasteiger charge is -2.64. The highest BCUT2D eigenvalue weighted by atomic mass is 16.7. The van der Waals surface area contributed by atoms with E-state index in [1.165, 1.54) is 13.8 Å². The van der Waals surface area contributed by atoms with E-state index < -0.39 is 112 Å². The summed E-state index contributed by atoms with van der Waals surface area (Å²) in [6.07, 6.45) is -1.47. The number of aliphatic carboxylic acids is 1. The van der Waals surface area contributed by atoms with Gasteiger partial charge in [-0.15, -0.1) is 0 Å².